The van der Waals surface area contributed by atoms with Crippen LogP contribution in [0.5, 0.6) is 5.75 Å². The molecule has 0 bridgehead atoms. The highest BCUT2D eigenvalue weighted by Gasteiger charge is 2.20. The van der Waals surface area contributed by atoms with E-state index in [1.54, 1.807) is 12.1 Å². The average Bonchev–Trinajstić information content (AvgIpc) is 2.26. The first kappa shape index (κ1) is 14.0. The van der Waals surface area contributed by atoms with Gasteiger partial charge in [-0.1, -0.05) is 26.0 Å². The third-order valence-electron chi connectivity index (χ3n) is 3.25. The molecule has 0 saturated heterocycles. The van der Waals surface area contributed by atoms with Gasteiger partial charge >= 0.3 is 0 Å². The number of rotatable bonds is 5. The molecule has 2 nitrogen and oxygen atoms in total. The second-order valence-electron chi connectivity index (χ2n) is 4.90. The summed E-state index contributed by atoms with van der Waals surface area (Å²) in [4.78, 5) is 0. The monoisotopic (exact) mass is 239 g/mol. The lowest BCUT2D eigenvalue weighted by Gasteiger charge is -2.25. The van der Waals surface area contributed by atoms with E-state index < -0.39 is 0 Å². The molecule has 0 heterocycles. The maximum atomic E-state index is 14.0. The molecule has 0 radical (unpaired) electrons. The van der Waals surface area contributed by atoms with Gasteiger partial charge in [0.25, 0.3) is 0 Å². The molecule has 0 amide bonds. The molecule has 0 fully saturated rings. The number of hydrogen-bond acceptors (Lipinski definition) is 2. The van der Waals surface area contributed by atoms with Crippen LogP contribution < -0.4 is 10.5 Å². The van der Waals surface area contributed by atoms with Crippen molar-refractivity contribution in [2.75, 3.05) is 7.11 Å². The topological polar surface area (TPSA) is 35.2 Å². The number of benzene rings is 1. The van der Waals surface area contributed by atoms with Crippen molar-refractivity contribution in [2.45, 2.75) is 33.2 Å². The molecule has 2 N–H and O–H groups in total. The van der Waals surface area contributed by atoms with Gasteiger partial charge in [-0.25, -0.2) is 4.39 Å². The van der Waals surface area contributed by atoms with Gasteiger partial charge in [-0.3, -0.25) is 0 Å². The minimum Gasteiger partial charge on any atom is -0.494 e. The molecule has 0 aliphatic heterocycles. The van der Waals surface area contributed by atoms with E-state index in [4.69, 9.17) is 10.5 Å². The summed E-state index contributed by atoms with van der Waals surface area (Å²) in [7, 11) is 1.48. The van der Waals surface area contributed by atoms with Gasteiger partial charge in [0, 0.05) is 6.04 Å². The quantitative estimate of drug-likeness (QED) is 0.857. The highest BCUT2D eigenvalue weighted by Crippen LogP contribution is 2.25. The predicted molar refractivity (Wildman–Crippen MR) is 68.6 cm³/mol. The van der Waals surface area contributed by atoms with Crippen LogP contribution in [0.2, 0.25) is 0 Å². The Kier molecular flexibility index (Phi) is 4.94. The molecule has 0 aromatic heterocycles. The summed E-state index contributed by atoms with van der Waals surface area (Å²) in [6.07, 6.45) is 0.651. The minimum atomic E-state index is -0.263. The van der Waals surface area contributed by atoms with E-state index in [0.717, 1.165) is 0 Å². The Balaban J connectivity index is 2.93. The fraction of sp³-hybridized carbons (Fsp3) is 0.571. The average molecular weight is 239 g/mol. The molecule has 0 spiro atoms. The van der Waals surface area contributed by atoms with Crippen LogP contribution in [0.3, 0.4) is 0 Å². The molecule has 0 aliphatic carbocycles. The van der Waals surface area contributed by atoms with Crippen LogP contribution in [0.25, 0.3) is 0 Å². The van der Waals surface area contributed by atoms with Gasteiger partial charge in [0.05, 0.1) is 7.11 Å². The van der Waals surface area contributed by atoms with Crippen molar-refractivity contribution in [1.29, 1.82) is 0 Å². The van der Waals surface area contributed by atoms with Gasteiger partial charge in [0.2, 0.25) is 0 Å². The summed E-state index contributed by atoms with van der Waals surface area (Å²) < 4.78 is 19.0. The van der Waals surface area contributed by atoms with E-state index >= 15 is 0 Å². The molecule has 1 aromatic rings. The molecule has 96 valence electrons. The van der Waals surface area contributed by atoms with Crippen molar-refractivity contribution >= 4 is 0 Å². The predicted octanol–water partition coefficient (Wildman–Crippen LogP) is 3.00. The van der Waals surface area contributed by atoms with Crippen LogP contribution in [0.15, 0.2) is 18.2 Å². The summed E-state index contributed by atoms with van der Waals surface area (Å²) >= 11 is 0. The largest absolute Gasteiger partial charge is 0.494 e. The van der Waals surface area contributed by atoms with E-state index in [1.165, 1.54) is 7.11 Å². The lowest BCUT2D eigenvalue weighted by atomic mass is 9.84. The van der Waals surface area contributed by atoms with Crippen molar-refractivity contribution in [3.05, 3.63) is 29.6 Å². The fourth-order valence-electron chi connectivity index (χ4n) is 2.15. The zero-order chi connectivity index (χ0) is 13.0. The molecule has 1 rings (SSSR count). The number of halogens is 1. The fourth-order valence-corrected chi connectivity index (χ4v) is 2.15. The highest BCUT2D eigenvalue weighted by atomic mass is 19.1. The van der Waals surface area contributed by atoms with Crippen LogP contribution in [0.1, 0.15) is 26.3 Å². The SMILES string of the molecule is COc1cccc(CC(C(C)C)C(C)N)c1F. The Morgan fingerprint density at radius 1 is 1.29 bits per heavy atom. The number of hydrogen-bond donors (Lipinski definition) is 1. The van der Waals surface area contributed by atoms with Gasteiger partial charge < -0.3 is 10.5 Å². The van der Waals surface area contributed by atoms with Crippen molar-refractivity contribution in [3.63, 3.8) is 0 Å². The highest BCUT2D eigenvalue weighted by molar-refractivity contribution is 5.31. The molecular weight excluding hydrogens is 217 g/mol. The lowest BCUT2D eigenvalue weighted by molar-refractivity contribution is 0.323. The number of ether oxygens (including phenoxy) is 1. The number of methoxy groups -OCH3 is 1. The van der Waals surface area contributed by atoms with Gasteiger partial charge in [0.15, 0.2) is 11.6 Å². The Morgan fingerprint density at radius 3 is 2.41 bits per heavy atom. The summed E-state index contributed by atoms with van der Waals surface area (Å²) in [6, 6.07) is 5.31. The molecule has 0 aliphatic rings. The normalized spacial score (nSPS) is 14.8. The van der Waals surface area contributed by atoms with Crippen LogP contribution >= 0.6 is 0 Å². The smallest absolute Gasteiger partial charge is 0.168 e. The zero-order valence-corrected chi connectivity index (χ0v) is 11.0. The van der Waals surface area contributed by atoms with Gasteiger partial charge in [0.1, 0.15) is 0 Å². The first-order valence-corrected chi connectivity index (χ1v) is 6.04. The standard InChI is InChI=1S/C14H22FNO/c1-9(2)12(10(3)16)8-11-6-5-7-13(17-4)14(11)15/h5-7,9-10,12H,8,16H2,1-4H3. The minimum absolute atomic E-state index is 0.0561. The van der Waals surface area contributed by atoms with Crippen LogP contribution in [0, 0.1) is 17.7 Å². The van der Waals surface area contributed by atoms with Crippen LogP contribution in [0.4, 0.5) is 4.39 Å². The van der Waals surface area contributed by atoms with Gasteiger partial charge in [-0.2, -0.15) is 0 Å². The van der Waals surface area contributed by atoms with Crippen LogP contribution in [-0.4, -0.2) is 13.2 Å². The van der Waals surface area contributed by atoms with Crippen molar-refractivity contribution < 1.29 is 9.13 Å². The summed E-state index contributed by atoms with van der Waals surface area (Å²) in [5, 5.41) is 0. The molecule has 1 aromatic carbocycles. The summed E-state index contributed by atoms with van der Waals surface area (Å²) in [6.45, 7) is 6.21. The lowest BCUT2D eigenvalue weighted by Crippen LogP contribution is -2.32. The van der Waals surface area contributed by atoms with E-state index in [9.17, 15) is 4.39 Å². The Labute approximate surface area is 103 Å². The number of nitrogens with two attached hydrogens (primary N) is 1. The second kappa shape index (κ2) is 6.01. The molecule has 2 unspecified atom stereocenters. The summed E-state index contributed by atoms with van der Waals surface area (Å²) in [5.41, 5.74) is 6.63. The van der Waals surface area contributed by atoms with E-state index in [2.05, 4.69) is 13.8 Å². The van der Waals surface area contributed by atoms with Crippen molar-refractivity contribution in [1.82, 2.24) is 0 Å². The molecule has 17 heavy (non-hydrogen) atoms. The van der Waals surface area contributed by atoms with E-state index in [0.29, 0.717) is 23.7 Å². The first-order chi connectivity index (χ1) is 7.97. The molecule has 0 saturated carbocycles. The Morgan fingerprint density at radius 2 is 1.94 bits per heavy atom. The van der Waals surface area contributed by atoms with Gasteiger partial charge in [-0.05, 0) is 36.8 Å². The zero-order valence-electron chi connectivity index (χ0n) is 11.0. The molecule has 3 heteroatoms. The Hall–Kier alpha value is -1.09. The molecular formula is C14H22FNO. The third kappa shape index (κ3) is 3.43. The maximum Gasteiger partial charge on any atom is 0.168 e. The van der Waals surface area contributed by atoms with Crippen LogP contribution in [-0.2, 0) is 6.42 Å². The van der Waals surface area contributed by atoms with E-state index in [-0.39, 0.29) is 17.8 Å². The Bertz CT molecular complexity index is 355. The third-order valence-corrected chi connectivity index (χ3v) is 3.25. The van der Waals surface area contributed by atoms with Gasteiger partial charge in [-0.15, -0.1) is 0 Å². The summed E-state index contributed by atoms with van der Waals surface area (Å²) in [5.74, 6) is 0.744. The van der Waals surface area contributed by atoms with Crippen molar-refractivity contribution in [2.24, 2.45) is 17.6 Å². The molecule has 2 atom stereocenters. The second-order valence-corrected chi connectivity index (χ2v) is 4.90. The van der Waals surface area contributed by atoms with Crippen molar-refractivity contribution in [3.8, 4) is 5.75 Å². The van der Waals surface area contributed by atoms with E-state index in [1.807, 2.05) is 13.0 Å². The first-order valence-electron chi connectivity index (χ1n) is 6.04. The maximum absolute atomic E-state index is 14.0.